The van der Waals surface area contributed by atoms with Crippen LogP contribution in [-0.2, 0) is 16.2 Å². The summed E-state index contributed by atoms with van der Waals surface area (Å²) >= 11 is 12.8. The van der Waals surface area contributed by atoms with Crippen molar-refractivity contribution in [2.75, 3.05) is 4.90 Å². The monoisotopic (exact) mass is 692 g/mol. The van der Waals surface area contributed by atoms with Crippen LogP contribution in [-0.4, -0.2) is 22.0 Å². The van der Waals surface area contributed by atoms with Gasteiger partial charge in [-0.3, -0.25) is 19.3 Å². The number of H-pyrrole nitrogens is 1. The van der Waals surface area contributed by atoms with Gasteiger partial charge in [0.1, 0.15) is 12.4 Å². The molecule has 3 fully saturated rings. The van der Waals surface area contributed by atoms with E-state index in [1.807, 2.05) is 67.6 Å². The summed E-state index contributed by atoms with van der Waals surface area (Å²) in [7, 11) is 0. The molecular weight excluding hydrogens is 668 g/mol. The van der Waals surface area contributed by atoms with Gasteiger partial charge in [0, 0.05) is 31.1 Å². The quantitative estimate of drug-likeness (QED) is 0.220. The van der Waals surface area contributed by atoms with Crippen LogP contribution in [0.5, 0.6) is 5.75 Å². The Kier molecular flexibility index (Phi) is 6.67. The number of thiazole rings is 1. The SMILES string of the molecule is Cc1ccc(N2C(=O)C3C4CC(C3C2=O)C2C4Sc3[nH]c(=O)sc3[C@@H]2c2cc(Br)ccc2OCc2cccc(Cl)c2)cc1. The molecule has 1 aromatic heterocycles. The van der Waals surface area contributed by atoms with Crippen LogP contribution in [0, 0.1) is 36.5 Å². The Labute approximate surface area is 269 Å². The number of aromatic nitrogens is 1. The first kappa shape index (κ1) is 27.7. The van der Waals surface area contributed by atoms with Crippen LogP contribution < -0.4 is 14.5 Å². The lowest BCUT2D eigenvalue weighted by Crippen LogP contribution is -2.42. The van der Waals surface area contributed by atoms with Crippen molar-refractivity contribution in [1.82, 2.24) is 4.98 Å². The molecule has 2 aliphatic heterocycles. The van der Waals surface area contributed by atoms with E-state index in [0.717, 1.165) is 43.2 Å². The fraction of sp³-hybridized carbons (Fsp3) is 0.303. The van der Waals surface area contributed by atoms with Crippen LogP contribution in [0.3, 0.4) is 0 Å². The number of fused-ring (bicyclic) bond motifs is 9. The minimum atomic E-state index is -0.358. The van der Waals surface area contributed by atoms with E-state index in [4.69, 9.17) is 16.3 Å². The van der Waals surface area contributed by atoms with Gasteiger partial charge < -0.3 is 9.72 Å². The molecular formula is C33H26BrClN2O4S2. The van der Waals surface area contributed by atoms with Crippen molar-refractivity contribution in [3.63, 3.8) is 0 Å². The molecule has 2 saturated carbocycles. The summed E-state index contributed by atoms with van der Waals surface area (Å²) in [6.45, 7) is 2.34. The third-order valence-electron chi connectivity index (χ3n) is 9.61. The van der Waals surface area contributed by atoms with Crippen LogP contribution >= 0.6 is 50.6 Å². The normalized spacial score (nSPS) is 28.6. The first-order valence-electron chi connectivity index (χ1n) is 14.3. The van der Waals surface area contributed by atoms with E-state index < -0.39 is 0 Å². The van der Waals surface area contributed by atoms with Crippen molar-refractivity contribution in [2.24, 2.45) is 29.6 Å². The molecule has 6 unspecified atom stereocenters. The van der Waals surface area contributed by atoms with Crippen molar-refractivity contribution >= 4 is 68.1 Å². The lowest BCUT2D eigenvalue weighted by atomic mass is 9.68. The smallest absolute Gasteiger partial charge is 0.305 e. The molecule has 10 heteroatoms. The predicted octanol–water partition coefficient (Wildman–Crippen LogP) is 7.42. The third kappa shape index (κ3) is 4.37. The van der Waals surface area contributed by atoms with Gasteiger partial charge in [0.25, 0.3) is 0 Å². The van der Waals surface area contributed by atoms with E-state index >= 15 is 0 Å². The van der Waals surface area contributed by atoms with Crippen LogP contribution in [0.15, 0.2) is 81.0 Å². The number of carbonyl (C=O) groups is 2. The average molecular weight is 694 g/mol. The Bertz CT molecular complexity index is 1860. The van der Waals surface area contributed by atoms with Crippen molar-refractivity contribution in [3.05, 3.63) is 107 Å². The standard InChI is InChI=1S/C33H26BrClN2O4S2/c1-15-5-8-19(9-6-15)37-31(38)26-21-13-22(27(26)32(37)39)28-25(21)24(29-30(42-28)36-33(40)43-29)20-12-17(34)7-10-23(20)41-14-16-3-2-4-18(35)11-16/h2-12,21-22,24-28H,13-14H2,1H3,(H,36,40)/t21?,22?,24-,25?,26?,27?,28?/m1/s1. The first-order valence-corrected chi connectivity index (χ1v) is 17.2. The molecule has 3 heterocycles. The molecule has 2 bridgehead atoms. The zero-order valence-corrected chi connectivity index (χ0v) is 26.9. The number of carbonyl (C=O) groups excluding carboxylic acids is 2. The van der Waals surface area contributed by atoms with Gasteiger partial charge in [-0.1, -0.05) is 68.7 Å². The Morgan fingerprint density at radius 1 is 1.00 bits per heavy atom. The van der Waals surface area contributed by atoms with E-state index in [2.05, 4.69) is 27.0 Å². The highest BCUT2D eigenvalue weighted by molar-refractivity contribution is 9.10. The number of hydrogen-bond acceptors (Lipinski definition) is 6. The number of imide groups is 1. The average Bonchev–Trinajstić information content (AvgIpc) is 3.72. The number of nitrogens with one attached hydrogen (secondary N) is 1. The molecule has 8 rings (SSSR count). The number of thioether (sulfide) groups is 1. The Morgan fingerprint density at radius 2 is 1.77 bits per heavy atom. The molecule has 7 atom stereocenters. The molecule has 2 amide bonds. The van der Waals surface area contributed by atoms with Gasteiger partial charge in [-0.25, -0.2) is 0 Å². The van der Waals surface area contributed by atoms with Gasteiger partial charge in [-0.2, -0.15) is 0 Å². The Balaban J connectivity index is 1.20. The van der Waals surface area contributed by atoms with E-state index in [-0.39, 0.29) is 57.4 Å². The largest absolute Gasteiger partial charge is 0.489 e. The minimum absolute atomic E-state index is 0.0227. The van der Waals surface area contributed by atoms with E-state index in [1.54, 1.807) is 11.8 Å². The summed E-state index contributed by atoms with van der Waals surface area (Å²) in [5, 5.41) is 1.62. The Morgan fingerprint density at radius 3 is 2.53 bits per heavy atom. The number of nitrogens with zero attached hydrogens (tertiary/aromatic N) is 1. The van der Waals surface area contributed by atoms with Gasteiger partial charge >= 0.3 is 4.87 Å². The number of ether oxygens (including phenoxy) is 1. The molecule has 6 nitrogen and oxygen atoms in total. The van der Waals surface area contributed by atoms with Crippen molar-refractivity contribution in [2.45, 2.75) is 36.1 Å². The second-order valence-corrected chi connectivity index (χ2v) is 15.5. The van der Waals surface area contributed by atoms with Gasteiger partial charge in [0.15, 0.2) is 0 Å². The van der Waals surface area contributed by atoms with E-state index in [0.29, 0.717) is 17.3 Å². The fourth-order valence-corrected chi connectivity index (χ4v) is 11.5. The molecule has 218 valence electrons. The number of amides is 2. The first-order chi connectivity index (χ1) is 20.8. The van der Waals surface area contributed by atoms with Crippen LogP contribution in [0.1, 0.15) is 33.9 Å². The summed E-state index contributed by atoms with van der Waals surface area (Å²) in [6.07, 6.45) is 0.833. The van der Waals surface area contributed by atoms with Crippen molar-refractivity contribution in [1.29, 1.82) is 0 Å². The summed E-state index contributed by atoms with van der Waals surface area (Å²) in [4.78, 5) is 46.1. The zero-order chi connectivity index (χ0) is 29.6. The number of hydrogen-bond donors (Lipinski definition) is 1. The molecule has 4 aliphatic rings. The minimum Gasteiger partial charge on any atom is -0.489 e. The highest BCUT2D eigenvalue weighted by atomic mass is 79.9. The van der Waals surface area contributed by atoms with Crippen molar-refractivity contribution < 1.29 is 14.3 Å². The van der Waals surface area contributed by atoms with Crippen LogP contribution in [0.25, 0.3) is 0 Å². The third-order valence-corrected chi connectivity index (χ3v) is 12.9. The molecule has 43 heavy (non-hydrogen) atoms. The molecule has 1 saturated heterocycles. The van der Waals surface area contributed by atoms with E-state index in [1.165, 1.54) is 16.2 Å². The molecule has 1 N–H and O–H groups in total. The highest BCUT2D eigenvalue weighted by Crippen LogP contribution is 2.69. The number of anilines is 1. The predicted molar refractivity (Wildman–Crippen MR) is 172 cm³/mol. The highest BCUT2D eigenvalue weighted by Gasteiger charge is 2.69. The molecule has 4 aromatic rings. The molecule has 2 aliphatic carbocycles. The van der Waals surface area contributed by atoms with Gasteiger partial charge in [-0.15, -0.1) is 11.8 Å². The lowest BCUT2D eigenvalue weighted by Gasteiger charge is -2.43. The molecule has 0 spiro atoms. The van der Waals surface area contributed by atoms with Gasteiger partial charge in [-0.05, 0) is 79.1 Å². The molecule has 0 radical (unpaired) electrons. The molecule has 3 aromatic carbocycles. The number of aromatic amines is 1. The van der Waals surface area contributed by atoms with Crippen LogP contribution in [0.4, 0.5) is 5.69 Å². The van der Waals surface area contributed by atoms with Gasteiger partial charge in [0.05, 0.1) is 22.5 Å². The number of halogens is 2. The number of rotatable bonds is 5. The summed E-state index contributed by atoms with van der Waals surface area (Å²) in [5.41, 5.74) is 3.67. The number of benzene rings is 3. The summed E-state index contributed by atoms with van der Waals surface area (Å²) in [6, 6.07) is 21.2. The van der Waals surface area contributed by atoms with Crippen molar-refractivity contribution in [3.8, 4) is 5.75 Å². The second-order valence-electron chi connectivity index (χ2n) is 11.9. The second kappa shape index (κ2) is 10.4. The van der Waals surface area contributed by atoms with Crippen LogP contribution in [0.2, 0.25) is 5.02 Å². The fourth-order valence-electron chi connectivity index (χ4n) is 7.99. The number of aryl methyl sites for hydroxylation is 1. The summed E-state index contributed by atoms with van der Waals surface area (Å²) in [5.74, 6) is -0.122. The summed E-state index contributed by atoms with van der Waals surface area (Å²) < 4.78 is 7.36. The Hall–Kier alpha value is -2.85. The van der Waals surface area contributed by atoms with Gasteiger partial charge in [0.2, 0.25) is 11.8 Å². The maximum absolute atomic E-state index is 14.0. The topological polar surface area (TPSA) is 79.5 Å². The maximum atomic E-state index is 14.0. The maximum Gasteiger partial charge on any atom is 0.305 e. The van der Waals surface area contributed by atoms with E-state index in [9.17, 15) is 14.4 Å². The zero-order valence-electron chi connectivity index (χ0n) is 23.0. The lowest BCUT2D eigenvalue weighted by molar-refractivity contribution is -0.123.